The third kappa shape index (κ3) is 5.93. The number of amides is 2. The Hall–Kier alpha value is -1.61. The van der Waals surface area contributed by atoms with Crippen LogP contribution in [0.15, 0.2) is 0 Å². The van der Waals surface area contributed by atoms with Gasteiger partial charge in [0.25, 0.3) is 0 Å². The molecule has 2 amide bonds. The van der Waals surface area contributed by atoms with Crippen LogP contribution >= 0.6 is 0 Å². The average Bonchev–Trinajstić information content (AvgIpc) is 2.61. The Kier molecular flexibility index (Phi) is 8.09. The lowest BCUT2D eigenvalue weighted by Crippen LogP contribution is -2.62. The van der Waals surface area contributed by atoms with Gasteiger partial charge in [0.1, 0.15) is 6.04 Å². The summed E-state index contributed by atoms with van der Waals surface area (Å²) in [6, 6.07) is 1.71. The molecule has 0 aliphatic carbocycles. The van der Waals surface area contributed by atoms with Gasteiger partial charge in [-0.25, -0.2) is 0 Å². The minimum Gasteiger partial charge on any atom is -0.341 e. The van der Waals surface area contributed by atoms with Gasteiger partial charge in [0, 0.05) is 32.6 Å². The Morgan fingerprint density at radius 1 is 1.19 bits per heavy atom. The smallest absolute Gasteiger partial charge is 0.245 e. The zero-order chi connectivity index (χ0) is 20.0. The Morgan fingerprint density at radius 3 is 2.41 bits per heavy atom. The van der Waals surface area contributed by atoms with E-state index in [0.29, 0.717) is 50.2 Å². The normalized spacial score (nSPS) is 23.0. The van der Waals surface area contributed by atoms with Gasteiger partial charge in [-0.15, -0.1) is 0 Å². The third-order valence-corrected chi connectivity index (χ3v) is 5.69. The van der Waals surface area contributed by atoms with Gasteiger partial charge in [0.15, 0.2) is 0 Å². The molecular formula is C21H36N4O2. The molecule has 0 bridgehead atoms. The molecule has 0 saturated carbocycles. The summed E-state index contributed by atoms with van der Waals surface area (Å²) in [4.78, 5) is 30.1. The molecule has 6 heteroatoms. The summed E-state index contributed by atoms with van der Waals surface area (Å²) in [6.45, 7) is 11.2. The number of piperazine rings is 1. The zero-order valence-electron chi connectivity index (χ0n) is 17.4. The fraction of sp³-hybridized carbons (Fsp3) is 0.857. The van der Waals surface area contributed by atoms with Crippen LogP contribution in [0.3, 0.4) is 0 Å². The molecule has 27 heavy (non-hydrogen) atoms. The van der Waals surface area contributed by atoms with Crippen molar-refractivity contribution in [2.24, 2.45) is 17.8 Å². The van der Waals surface area contributed by atoms with Crippen LogP contribution in [-0.4, -0.2) is 59.9 Å². The SMILES string of the molecule is CC(C)CC(C(=O)N1CCC(CC#N)CC1)N1CCN[C@@H](CC(C)C)C1=O. The van der Waals surface area contributed by atoms with E-state index in [0.717, 1.165) is 25.8 Å². The molecule has 2 aliphatic rings. The van der Waals surface area contributed by atoms with E-state index in [1.54, 1.807) is 0 Å². The van der Waals surface area contributed by atoms with E-state index in [1.807, 2.05) is 9.80 Å². The Morgan fingerprint density at radius 2 is 1.85 bits per heavy atom. The van der Waals surface area contributed by atoms with Gasteiger partial charge >= 0.3 is 0 Å². The van der Waals surface area contributed by atoms with Gasteiger partial charge in [0.05, 0.1) is 12.1 Å². The summed E-state index contributed by atoms with van der Waals surface area (Å²) in [6.07, 6.45) is 3.86. The molecule has 0 aromatic heterocycles. The summed E-state index contributed by atoms with van der Waals surface area (Å²) < 4.78 is 0. The Bertz CT molecular complexity index is 547. The Labute approximate surface area is 164 Å². The summed E-state index contributed by atoms with van der Waals surface area (Å²) in [5, 5.41) is 12.2. The van der Waals surface area contributed by atoms with Gasteiger partial charge in [-0.1, -0.05) is 27.7 Å². The molecule has 2 fully saturated rings. The number of nitrogens with one attached hydrogen (secondary N) is 1. The zero-order valence-corrected chi connectivity index (χ0v) is 17.4. The van der Waals surface area contributed by atoms with Crippen LogP contribution in [0, 0.1) is 29.1 Å². The molecule has 1 unspecified atom stereocenters. The molecule has 2 aliphatic heterocycles. The van der Waals surface area contributed by atoms with E-state index in [9.17, 15) is 9.59 Å². The van der Waals surface area contributed by atoms with Gasteiger partial charge < -0.3 is 15.1 Å². The van der Waals surface area contributed by atoms with Crippen LogP contribution < -0.4 is 5.32 Å². The van der Waals surface area contributed by atoms with E-state index < -0.39 is 0 Å². The van der Waals surface area contributed by atoms with Gasteiger partial charge in [-0.3, -0.25) is 9.59 Å². The summed E-state index contributed by atoms with van der Waals surface area (Å²) >= 11 is 0. The second-order valence-electron chi connectivity index (χ2n) is 8.94. The van der Waals surface area contributed by atoms with Crippen molar-refractivity contribution in [1.82, 2.24) is 15.1 Å². The molecule has 6 nitrogen and oxygen atoms in total. The van der Waals surface area contributed by atoms with E-state index in [4.69, 9.17) is 5.26 Å². The van der Waals surface area contributed by atoms with Crippen molar-refractivity contribution in [2.75, 3.05) is 26.2 Å². The maximum absolute atomic E-state index is 13.3. The van der Waals surface area contributed by atoms with E-state index in [-0.39, 0.29) is 23.9 Å². The molecule has 2 atom stereocenters. The number of piperidine rings is 1. The largest absolute Gasteiger partial charge is 0.341 e. The molecule has 152 valence electrons. The van der Waals surface area contributed by atoms with Crippen LogP contribution in [0.1, 0.15) is 59.8 Å². The monoisotopic (exact) mass is 376 g/mol. The molecule has 0 spiro atoms. The van der Waals surface area contributed by atoms with Gasteiger partial charge in [0.2, 0.25) is 11.8 Å². The van der Waals surface area contributed by atoms with Gasteiger partial charge in [-0.2, -0.15) is 5.26 Å². The standard InChI is InChI=1S/C21H36N4O2/c1-15(2)13-18-20(26)25(12-9-23-18)19(14-16(3)4)21(27)24-10-6-17(5-8-22)7-11-24/h15-19,23H,5-7,9-14H2,1-4H3/t18-,19?/m0/s1. The van der Waals surface area contributed by atoms with Crippen LogP contribution in [0.2, 0.25) is 0 Å². The van der Waals surface area contributed by atoms with Crippen molar-refractivity contribution in [2.45, 2.75) is 71.9 Å². The van der Waals surface area contributed by atoms with Crippen LogP contribution in [0.4, 0.5) is 0 Å². The maximum Gasteiger partial charge on any atom is 0.245 e. The minimum atomic E-state index is -0.359. The van der Waals surface area contributed by atoms with E-state index in [1.165, 1.54) is 0 Å². The number of nitriles is 1. The van der Waals surface area contributed by atoms with Crippen molar-refractivity contribution in [3.05, 3.63) is 0 Å². The fourth-order valence-corrected chi connectivity index (χ4v) is 4.23. The first-order chi connectivity index (χ1) is 12.8. The summed E-state index contributed by atoms with van der Waals surface area (Å²) in [5.41, 5.74) is 0. The van der Waals surface area contributed by atoms with Crippen LogP contribution in [-0.2, 0) is 9.59 Å². The minimum absolute atomic E-state index is 0.0771. The number of carbonyl (C=O) groups is 2. The van der Waals surface area contributed by atoms with E-state index >= 15 is 0 Å². The molecule has 0 aromatic carbocycles. The van der Waals surface area contributed by atoms with Crippen molar-refractivity contribution in [3.8, 4) is 6.07 Å². The highest BCUT2D eigenvalue weighted by Gasteiger charge is 2.39. The van der Waals surface area contributed by atoms with Crippen LogP contribution in [0.5, 0.6) is 0 Å². The Balaban J connectivity index is 2.09. The van der Waals surface area contributed by atoms with Crippen molar-refractivity contribution in [3.63, 3.8) is 0 Å². The number of nitrogens with zero attached hydrogens (tertiary/aromatic N) is 3. The fourth-order valence-electron chi connectivity index (χ4n) is 4.23. The number of rotatable bonds is 7. The predicted molar refractivity (Wildman–Crippen MR) is 106 cm³/mol. The van der Waals surface area contributed by atoms with Crippen molar-refractivity contribution >= 4 is 11.8 Å². The first-order valence-corrected chi connectivity index (χ1v) is 10.5. The quantitative estimate of drug-likeness (QED) is 0.740. The number of likely N-dealkylation sites (tertiary alicyclic amines) is 1. The summed E-state index contributed by atoms with van der Waals surface area (Å²) in [5.74, 6) is 1.36. The van der Waals surface area contributed by atoms with Crippen LogP contribution in [0.25, 0.3) is 0 Å². The topological polar surface area (TPSA) is 76.4 Å². The lowest BCUT2D eigenvalue weighted by molar-refractivity contribution is -0.150. The summed E-state index contributed by atoms with van der Waals surface area (Å²) in [7, 11) is 0. The number of carbonyl (C=O) groups excluding carboxylic acids is 2. The molecule has 0 radical (unpaired) electrons. The number of hydrogen-bond acceptors (Lipinski definition) is 4. The molecule has 0 aromatic rings. The molecular weight excluding hydrogens is 340 g/mol. The highest BCUT2D eigenvalue weighted by atomic mass is 16.2. The average molecular weight is 377 g/mol. The molecule has 2 saturated heterocycles. The first-order valence-electron chi connectivity index (χ1n) is 10.5. The second kappa shape index (κ2) is 10.1. The number of hydrogen-bond donors (Lipinski definition) is 1. The predicted octanol–water partition coefficient (Wildman–Crippen LogP) is 2.40. The van der Waals surface area contributed by atoms with Crippen molar-refractivity contribution in [1.29, 1.82) is 5.26 Å². The highest BCUT2D eigenvalue weighted by Crippen LogP contribution is 2.24. The molecule has 2 heterocycles. The third-order valence-electron chi connectivity index (χ3n) is 5.69. The second-order valence-corrected chi connectivity index (χ2v) is 8.94. The lowest BCUT2D eigenvalue weighted by atomic mass is 9.92. The van der Waals surface area contributed by atoms with E-state index in [2.05, 4.69) is 39.1 Å². The lowest BCUT2D eigenvalue weighted by Gasteiger charge is -2.42. The van der Waals surface area contributed by atoms with Gasteiger partial charge in [-0.05, 0) is 43.4 Å². The first kappa shape index (κ1) is 21.7. The molecule has 2 rings (SSSR count). The maximum atomic E-state index is 13.3. The van der Waals surface area contributed by atoms with Crippen molar-refractivity contribution < 1.29 is 9.59 Å². The highest BCUT2D eigenvalue weighted by molar-refractivity contribution is 5.90. The molecule has 1 N–H and O–H groups in total.